The molecule has 35 heavy (non-hydrogen) atoms. The number of benzene rings is 1. The molecule has 0 aliphatic carbocycles. The van der Waals surface area contributed by atoms with Gasteiger partial charge in [-0.15, -0.1) is 11.3 Å². The fourth-order valence-corrected chi connectivity index (χ4v) is 5.34. The van der Waals surface area contributed by atoms with Crippen LogP contribution in [-0.4, -0.2) is 58.9 Å². The molecule has 1 saturated heterocycles. The normalized spacial score (nSPS) is 13.6. The van der Waals surface area contributed by atoms with Crippen LogP contribution < -0.4 is 9.47 Å². The Morgan fingerprint density at radius 2 is 1.94 bits per heavy atom. The van der Waals surface area contributed by atoms with Crippen LogP contribution in [0, 0.1) is 11.3 Å². The molecular weight excluding hydrogens is 466 g/mol. The summed E-state index contributed by atoms with van der Waals surface area (Å²) in [5.41, 5.74) is 3.07. The van der Waals surface area contributed by atoms with Crippen molar-refractivity contribution in [2.45, 2.75) is 12.8 Å². The molecule has 4 aromatic rings. The summed E-state index contributed by atoms with van der Waals surface area (Å²) >= 11 is 1.48. The largest absolute Gasteiger partial charge is 0.494 e. The molecule has 1 aliphatic heterocycles. The van der Waals surface area contributed by atoms with E-state index in [4.69, 9.17) is 9.47 Å². The Labute approximate surface area is 204 Å². The third-order valence-electron chi connectivity index (χ3n) is 6.12. The molecule has 0 radical (unpaired) electrons. The molecule has 4 heterocycles. The zero-order valence-electron chi connectivity index (χ0n) is 19.1. The summed E-state index contributed by atoms with van der Waals surface area (Å²) < 4.78 is 11.6. The number of nitrogens with one attached hydrogen (secondary N) is 1. The summed E-state index contributed by atoms with van der Waals surface area (Å²) in [4.78, 5) is 39.6. The van der Waals surface area contributed by atoms with Crippen molar-refractivity contribution in [3.05, 3.63) is 52.8 Å². The first kappa shape index (κ1) is 22.6. The lowest BCUT2D eigenvalue weighted by molar-refractivity contribution is -0.126. The highest BCUT2D eigenvalue weighted by molar-refractivity contribution is 7.19. The van der Waals surface area contributed by atoms with Crippen LogP contribution in [0.1, 0.15) is 28.2 Å². The SMILES string of the molecule is COc1ncc(OC)c2c(C(=O)C(=O)N3CCC(=C(C#N)c4nc5ccccc5s4)CC3)c[nH]c12. The maximum atomic E-state index is 13.2. The fourth-order valence-electron chi connectivity index (χ4n) is 4.33. The number of allylic oxidation sites excluding steroid dienone is 1. The molecule has 0 bridgehead atoms. The number of ketones is 1. The number of nitrogens with zero attached hydrogens (tertiary/aromatic N) is 4. The van der Waals surface area contributed by atoms with Crippen molar-refractivity contribution in [1.82, 2.24) is 19.9 Å². The molecule has 1 aliphatic rings. The lowest BCUT2D eigenvalue weighted by Gasteiger charge is -2.28. The second kappa shape index (κ2) is 9.19. The Morgan fingerprint density at radius 1 is 1.17 bits per heavy atom. The molecule has 5 rings (SSSR count). The number of pyridine rings is 1. The highest BCUT2D eigenvalue weighted by atomic mass is 32.1. The minimum Gasteiger partial charge on any atom is -0.494 e. The highest BCUT2D eigenvalue weighted by Gasteiger charge is 2.30. The van der Waals surface area contributed by atoms with Crippen LogP contribution in [0.25, 0.3) is 26.7 Å². The molecule has 10 heteroatoms. The number of aromatic nitrogens is 3. The number of piperidine rings is 1. The van der Waals surface area contributed by atoms with Crippen LogP contribution in [0.3, 0.4) is 0 Å². The minimum atomic E-state index is -0.637. The van der Waals surface area contributed by atoms with E-state index in [-0.39, 0.29) is 5.56 Å². The van der Waals surface area contributed by atoms with Crippen LogP contribution in [-0.2, 0) is 4.79 Å². The second-order valence-electron chi connectivity index (χ2n) is 7.99. The van der Waals surface area contributed by atoms with E-state index in [0.29, 0.717) is 59.0 Å². The number of fused-ring (bicyclic) bond motifs is 2. The molecule has 0 unspecified atom stereocenters. The van der Waals surface area contributed by atoms with Gasteiger partial charge in [0, 0.05) is 19.3 Å². The third-order valence-corrected chi connectivity index (χ3v) is 7.17. The molecule has 0 saturated carbocycles. The van der Waals surface area contributed by atoms with Gasteiger partial charge in [-0.2, -0.15) is 5.26 Å². The van der Waals surface area contributed by atoms with Crippen molar-refractivity contribution < 1.29 is 19.1 Å². The molecule has 3 aromatic heterocycles. The van der Waals surface area contributed by atoms with Crippen molar-refractivity contribution in [2.24, 2.45) is 0 Å². The van der Waals surface area contributed by atoms with Crippen LogP contribution in [0.2, 0.25) is 0 Å². The van der Waals surface area contributed by atoms with E-state index >= 15 is 0 Å². The van der Waals surface area contributed by atoms with E-state index in [1.165, 1.54) is 42.8 Å². The van der Waals surface area contributed by atoms with Gasteiger partial charge in [0.05, 0.1) is 47.2 Å². The Kier molecular flexibility index (Phi) is 5.93. The number of aromatic amines is 1. The number of ether oxygens (including phenoxy) is 2. The number of hydrogen-bond donors (Lipinski definition) is 1. The summed E-state index contributed by atoms with van der Waals surface area (Å²) in [6.45, 7) is 0.695. The molecule has 9 nitrogen and oxygen atoms in total. The highest BCUT2D eigenvalue weighted by Crippen LogP contribution is 2.35. The number of hydrogen-bond acceptors (Lipinski definition) is 8. The lowest BCUT2D eigenvalue weighted by Crippen LogP contribution is -2.40. The van der Waals surface area contributed by atoms with Gasteiger partial charge in [-0.3, -0.25) is 9.59 Å². The average Bonchev–Trinajstić information content (AvgIpc) is 3.53. The molecule has 0 atom stereocenters. The number of nitriles is 1. The van der Waals surface area contributed by atoms with E-state index < -0.39 is 11.7 Å². The topological polar surface area (TPSA) is 121 Å². The Bertz CT molecular complexity index is 1500. The first-order valence-corrected chi connectivity index (χ1v) is 11.8. The molecule has 1 N–H and O–H groups in total. The number of Topliss-reactive ketones (excluding diaryl/α,β-unsaturated/α-hetero) is 1. The van der Waals surface area contributed by atoms with Gasteiger partial charge in [0.15, 0.2) is 0 Å². The molecular formula is C25H21N5O4S. The van der Waals surface area contributed by atoms with Crippen LogP contribution in [0.4, 0.5) is 0 Å². The van der Waals surface area contributed by atoms with Gasteiger partial charge in [0.2, 0.25) is 5.88 Å². The van der Waals surface area contributed by atoms with E-state index in [1.54, 1.807) is 0 Å². The number of rotatable bonds is 5. The summed E-state index contributed by atoms with van der Waals surface area (Å²) in [7, 11) is 2.95. The van der Waals surface area contributed by atoms with Crippen LogP contribution in [0.15, 0.2) is 42.2 Å². The summed E-state index contributed by atoms with van der Waals surface area (Å²) in [5, 5.41) is 11.0. The molecule has 1 amide bonds. The quantitative estimate of drug-likeness (QED) is 0.257. The predicted molar refractivity (Wildman–Crippen MR) is 131 cm³/mol. The number of methoxy groups -OCH3 is 2. The average molecular weight is 488 g/mol. The number of carbonyl (C=O) groups is 2. The number of H-pyrrole nitrogens is 1. The fraction of sp³-hybridized carbons (Fsp3) is 0.240. The first-order chi connectivity index (χ1) is 17.0. The van der Waals surface area contributed by atoms with E-state index in [0.717, 1.165) is 15.8 Å². The van der Waals surface area contributed by atoms with Crippen LogP contribution >= 0.6 is 11.3 Å². The molecule has 1 aromatic carbocycles. The number of para-hydroxylation sites is 1. The summed E-state index contributed by atoms with van der Waals surface area (Å²) in [6.07, 6.45) is 3.95. The maximum Gasteiger partial charge on any atom is 0.295 e. The van der Waals surface area contributed by atoms with E-state index in [2.05, 4.69) is 21.0 Å². The first-order valence-electron chi connectivity index (χ1n) is 11.0. The van der Waals surface area contributed by atoms with Gasteiger partial charge < -0.3 is 19.4 Å². The van der Waals surface area contributed by atoms with Crippen LogP contribution in [0.5, 0.6) is 11.6 Å². The number of amides is 1. The van der Waals surface area contributed by atoms with Crippen molar-refractivity contribution in [3.63, 3.8) is 0 Å². The Morgan fingerprint density at radius 3 is 2.63 bits per heavy atom. The van der Waals surface area contributed by atoms with Gasteiger partial charge >= 0.3 is 0 Å². The standard InChI is InChI=1S/C25H21N5O4S/c1-33-18-13-28-23(34-2)21-20(18)16(12-27-21)22(31)25(32)30-9-7-14(8-10-30)15(11-26)24-29-17-5-3-4-6-19(17)35-24/h3-6,12-13,27H,7-10H2,1-2H3. The van der Waals surface area contributed by atoms with Crippen molar-refractivity contribution in [2.75, 3.05) is 27.3 Å². The van der Waals surface area contributed by atoms with Crippen molar-refractivity contribution in [3.8, 4) is 17.7 Å². The van der Waals surface area contributed by atoms with E-state index in [9.17, 15) is 14.9 Å². The Hall–Kier alpha value is -4.23. The number of carbonyl (C=O) groups excluding carboxylic acids is 2. The van der Waals surface area contributed by atoms with Gasteiger partial charge in [0.25, 0.3) is 11.7 Å². The Balaban J connectivity index is 1.37. The summed E-state index contributed by atoms with van der Waals surface area (Å²) in [5.74, 6) is -0.557. The number of likely N-dealkylation sites (tertiary alicyclic amines) is 1. The molecule has 176 valence electrons. The smallest absolute Gasteiger partial charge is 0.295 e. The van der Waals surface area contributed by atoms with Crippen molar-refractivity contribution in [1.29, 1.82) is 5.26 Å². The zero-order valence-corrected chi connectivity index (χ0v) is 19.9. The van der Waals surface area contributed by atoms with Gasteiger partial charge in [-0.25, -0.2) is 9.97 Å². The zero-order chi connectivity index (χ0) is 24.5. The molecule has 0 spiro atoms. The minimum absolute atomic E-state index is 0.205. The van der Waals surface area contributed by atoms with E-state index in [1.807, 2.05) is 24.3 Å². The third kappa shape index (κ3) is 3.90. The van der Waals surface area contributed by atoms with Crippen molar-refractivity contribution >= 4 is 49.7 Å². The predicted octanol–water partition coefficient (Wildman–Crippen LogP) is 3.97. The number of thiazole rings is 1. The lowest BCUT2D eigenvalue weighted by atomic mass is 9.98. The van der Waals surface area contributed by atoms with Gasteiger partial charge in [-0.05, 0) is 30.5 Å². The monoisotopic (exact) mass is 487 g/mol. The molecule has 1 fully saturated rings. The maximum absolute atomic E-state index is 13.2. The second-order valence-corrected chi connectivity index (χ2v) is 9.02. The van der Waals surface area contributed by atoms with Gasteiger partial charge in [-0.1, -0.05) is 12.1 Å². The summed E-state index contributed by atoms with van der Waals surface area (Å²) in [6, 6.07) is 10.1. The van der Waals surface area contributed by atoms with Gasteiger partial charge in [0.1, 0.15) is 22.3 Å².